The SMILES string of the molecule is CN/C=C(\C=N)Cn1ccc(OCc2ccc(Oc3ccc(Cl)c(C(F)(F)F)c3)cn2)nc1=O. The van der Waals surface area contributed by atoms with Crippen LogP contribution in [0.3, 0.4) is 0 Å². The Morgan fingerprint density at radius 3 is 2.62 bits per heavy atom. The number of hydrogen-bond donors (Lipinski definition) is 2. The molecule has 2 heterocycles. The number of benzene rings is 1. The smallest absolute Gasteiger partial charge is 0.417 e. The van der Waals surface area contributed by atoms with Crippen LogP contribution in [0.1, 0.15) is 11.3 Å². The van der Waals surface area contributed by atoms with Crippen LogP contribution >= 0.6 is 11.6 Å². The molecule has 1 aromatic carbocycles. The molecule has 0 bridgehead atoms. The molecule has 0 aliphatic carbocycles. The molecule has 0 fully saturated rings. The summed E-state index contributed by atoms with van der Waals surface area (Å²) in [7, 11) is 1.69. The molecule has 8 nitrogen and oxygen atoms in total. The maximum Gasteiger partial charge on any atom is 0.417 e. The van der Waals surface area contributed by atoms with Gasteiger partial charge in [-0.15, -0.1) is 0 Å². The monoisotopic (exact) mass is 493 g/mol. The van der Waals surface area contributed by atoms with Crippen LogP contribution in [0.5, 0.6) is 17.4 Å². The summed E-state index contributed by atoms with van der Waals surface area (Å²) in [5.41, 5.74) is -0.473. The zero-order chi connectivity index (χ0) is 24.7. The van der Waals surface area contributed by atoms with E-state index in [1.807, 2.05) is 0 Å². The van der Waals surface area contributed by atoms with Gasteiger partial charge in [0.2, 0.25) is 5.88 Å². The van der Waals surface area contributed by atoms with Crippen LogP contribution in [0.2, 0.25) is 5.02 Å². The van der Waals surface area contributed by atoms with Gasteiger partial charge in [0, 0.05) is 37.3 Å². The van der Waals surface area contributed by atoms with Gasteiger partial charge in [0.25, 0.3) is 0 Å². The fourth-order valence-electron chi connectivity index (χ4n) is 2.75. The van der Waals surface area contributed by atoms with E-state index < -0.39 is 22.5 Å². The molecule has 0 amide bonds. The molecule has 0 atom stereocenters. The van der Waals surface area contributed by atoms with Crippen LogP contribution in [0.25, 0.3) is 0 Å². The number of ether oxygens (including phenoxy) is 2. The average Bonchev–Trinajstić information content (AvgIpc) is 2.80. The Morgan fingerprint density at radius 1 is 1.24 bits per heavy atom. The van der Waals surface area contributed by atoms with Crippen molar-refractivity contribution in [1.29, 1.82) is 5.41 Å². The molecule has 2 N–H and O–H groups in total. The predicted molar refractivity (Wildman–Crippen MR) is 120 cm³/mol. The molecule has 3 rings (SSSR count). The van der Waals surface area contributed by atoms with Gasteiger partial charge in [-0.3, -0.25) is 9.55 Å². The van der Waals surface area contributed by atoms with Gasteiger partial charge in [0.05, 0.1) is 29.0 Å². The zero-order valence-corrected chi connectivity index (χ0v) is 18.5. The van der Waals surface area contributed by atoms with Crippen LogP contribution in [0.4, 0.5) is 13.2 Å². The van der Waals surface area contributed by atoms with Crippen LogP contribution < -0.4 is 20.5 Å². The third-order valence-corrected chi connectivity index (χ3v) is 4.69. The minimum Gasteiger partial charge on any atom is -0.471 e. The minimum absolute atomic E-state index is 0.00130. The highest BCUT2D eigenvalue weighted by Crippen LogP contribution is 2.37. The van der Waals surface area contributed by atoms with Gasteiger partial charge in [0.15, 0.2) is 0 Å². The summed E-state index contributed by atoms with van der Waals surface area (Å²) in [6, 6.07) is 7.84. The van der Waals surface area contributed by atoms with Crippen molar-refractivity contribution < 1.29 is 22.6 Å². The summed E-state index contributed by atoms with van der Waals surface area (Å²) in [6.45, 7) is 0.179. The first kappa shape index (κ1) is 24.8. The first-order valence-electron chi connectivity index (χ1n) is 9.76. The molecule has 0 aliphatic rings. The molecule has 178 valence electrons. The average molecular weight is 494 g/mol. The van der Waals surface area contributed by atoms with E-state index in [0.717, 1.165) is 18.3 Å². The second kappa shape index (κ2) is 10.8. The van der Waals surface area contributed by atoms with Crippen LogP contribution in [-0.2, 0) is 19.3 Å². The largest absolute Gasteiger partial charge is 0.471 e. The highest BCUT2D eigenvalue weighted by Gasteiger charge is 2.33. The summed E-state index contributed by atoms with van der Waals surface area (Å²) in [5, 5.41) is 9.72. The van der Waals surface area contributed by atoms with Crippen LogP contribution in [0.15, 0.2) is 65.4 Å². The molecule has 0 saturated heterocycles. The van der Waals surface area contributed by atoms with Gasteiger partial charge in [0.1, 0.15) is 18.1 Å². The highest BCUT2D eigenvalue weighted by atomic mass is 35.5. The van der Waals surface area contributed by atoms with E-state index in [9.17, 15) is 18.0 Å². The lowest BCUT2D eigenvalue weighted by molar-refractivity contribution is -0.137. The Balaban J connectivity index is 1.61. The van der Waals surface area contributed by atoms with Crippen molar-refractivity contribution in [3.63, 3.8) is 0 Å². The van der Waals surface area contributed by atoms with Crippen LogP contribution in [0, 0.1) is 5.41 Å². The van der Waals surface area contributed by atoms with E-state index >= 15 is 0 Å². The van der Waals surface area contributed by atoms with E-state index in [4.69, 9.17) is 26.5 Å². The van der Waals surface area contributed by atoms with Crippen molar-refractivity contribution in [3.8, 4) is 17.4 Å². The van der Waals surface area contributed by atoms with Crippen molar-refractivity contribution in [1.82, 2.24) is 19.9 Å². The number of alkyl halides is 3. The number of aromatic nitrogens is 3. The molecule has 0 saturated carbocycles. The van der Waals surface area contributed by atoms with E-state index in [-0.39, 0.29) is 30.5 Å². The highest BCUT2D eigenvalue weighted by molar-refractivity contribution is 6.31. The maximum atomic E-state index is 13.0. The fraction of sp³-hybridized carbons (Fsp3) is 0.182. The molecular weight excluding hydrogens is 475 g/mol. The molecule has 2 aromatic heterocycles. The Morgan fingerprint density at radius 2 is 2.00 bits per heavy atom. The van der Waals surface area contributed by atoms with Gasteiger partial charge >= 0.3 is 11.9 Å². The van der Waals surface area contributed by atoms with Gasteiger partial charge in [-0.25, -0.2) is 4.79 Å². The third kappa shape index (κ3) is 6.58. The predicted octanol–water partition coefficient (Wildman–Crippen LogP) is 4.43. The summed E-state index contributed by atoms with van der Waals surface area (Å²) in [4.78, 5) is 20.2. The minimum atomic E-state index is -4.60. The molecule has 0 unspecified atom stereocenters. The second-order valence-corrected chi connectivity index (χ2v) is 7.25. The molecule has 34 heavy (non-hydrogen) atoms. The lowest BCUT2D eigenvalue weighted by Gasteiger charge is -2.12. The van der Waals surface area contributed by atoms with Crippen molar-refractivity contribution in [2.75, 3.05) is 7.05 Å². The Hall–Kier alpha value is -3.86. The quantitative estimate of drug-likeness (QED) is 0.427. The Labute approximate surface area is 197 Å². The van der Waals surface area contributed by atoms with Gasteiger partial charge < -0.3 is 20.2 Å². The second-order valence-electron chi connectivity index (χ2n) is 6.84. The number of pyridine rings is 1. The molecule has 0 radical (unpaired) electrons. The standard InChI is InChI=1S/C22H19ClF3N5O3/c1-28-10-14(9-27)12-31-7-6-20(30-21(31)32)33-13-15-2-3-17(11-29-15)34-16-4-5-19(23)18(8-16)22(24,25)26/h2-11,27-28H,12-13H2,1H3/b14-10+,27-9?. The fourth-order valence-corrected chi connectivity index (χ4v) is 2.98. The number of rotatable bonds is 9. The maximum absolute atomic E-state index is 13.0. The van der Waals surface area contributed by atoms with Gasteiger partial charge in [-0.1, -0.05) is 11.6 Å². The van der Waals surface area contributed by atoms with Crippen molar-refractivity contribution in [2.24, 2.45) is 0 Å². The first-order valence-corrected chi connectivity index (χ1v) is 10.1. The van der Waals surface area contributed by atoms with Crippen molar-refractivity contribution in [2.45, 2.75) is 19.3 Å². The number of nitrogens with one attached hydrogen (secondary N) is 2. The lowest BCUT2D eigenvalue weighted by Crippen LogP contribution is -2.24. The third-order valence-electron chi connectivity index (χ3n) is 4.36. The molecular formula is C22H19ClF3N5O3. The molecule has 0 spiro atoms. The van der Waals surface area contributed by atoms with E-state index in [2.05, 4.69) is 15.3 Å². The number of halogens is 4. The summed E-state index contributed by atoms with van der Waals surface area (Å²) < 4.78 is 51.2. The van der Waals surface area contributed by atoms with E-state index in [0.29, 0.717) is 11.3 Å². The van der Waals surface area contributed by atoms with E-state index in [1.54, 1.807) is 19.3 Å². The summed E-state index contributed by atoms with van der Waals surface area (Å²) >= 11 is 5.61. The van der Waals surface area contributed by atoms with Crippen LogP contribution in [-0.4, -0.2) is 27.8 Å². The summed E-state index contributed by atoms with van der Waals surface area (Å²) in [6.07, 6.45) is 0.971. The number of hydrogen-bond acceptors (Lipinski definition) is 7. The molecule has 12 heteroatoms. The Bertz CT molecular complexity index is 1240. The number of nitrogens with zero attached hydrogens (tertiary/aromatic N) is 3. The van der Waals surface area contributed by atoms with Crippen molar-refractivity contribution in [3.05, 3.63) is 87.3 Å². The zero-order valence-electron chi connectivity index (χ0n) is 17.8. The lowest BCUT2D eigenvalue weighted by atomic mass is 10.2. The number of allylic oxidation sites excluding steroid dienone is 1. The first-order chi connectivity index (χ1) is 16.2. The van der Waals surface area contributed by atoms with Crippen molar-refractivity contribution >= 4 is 17.8 Å². The van der Waals surface area contributed by atoms with Gasteiger partial charge in [-0.05, 0) is 30.3 Å². The topological polar surface area (TPSA) is 102 Å². The summed E-state index contributed by atoms with van der Waals surface area (Å²) in [5.74, 6) is 0.276. The Kier molecular flexibility index (Phi) is 7.90. The van der Waals surface area contributed by atoms with E-state index in [1.165, 1.54) is 35.2 Å². The van der Waals surface area contributed by atoms with Gasteiger partial charge in [-0.2, -0.15) is 18.2 Å². The molecule has 3 aromatic rings. The molecule has 0 aliphatic heterocycles. The normalized spacial score (nSPS) is 11.7.